The Bertz CT molecular complexity index is 723. The van der Waals surface area contributed by atoms with Gasteiger partial charge in [0.1, 0.15) is 5.75 Å². The van der Waals surface area contributed by atoms with Crippen LogP contribution in [0.25, 0.3) is 0 Å². The minimum atomic E-state index is -0.0703. The van der Waals surface area contributed by atoms with Crippen LogP contribution >= 0.6 is 0 Å². The number of carbonyl (C=O) groups is 1. The Labute approximate surface area is 143 Å². The van der Waals surface area contributed by atoms with E-state index in [2.05, 4.69) is 35.9 Å². The van der Waals surface area contributed by atoms with E-state index in [9.17, 15) is 4.79 Å². The zero-order valence-electron chi connectivity index (χ0n) is 14.6. The van der Waals surface area contributed by atoms with Gasteiger partial charge in [0.15, 0.2) is 0 Å². The van der Waals surface area contributed by atoms with Crippen LogP contribution in [0.15, 0.2) is 36.4 Å². The third kappa shape index (κ3) is 2.98. The minimum Gasteiger partial charge on any atom is -0.492 e. The quantitative estimate of drug-likeness (QED) is 0.915. The van der Waals surface area contributed by atoms with E-state index in [-0.39, 0.29) is 12.1 Å². The number of hydrogen-bond acceptors (Lipinski definition) is 2. The molecule has 0 bridgehead atoms. The number of aryl methyl sites for hydroxylation is 1. The standard InChI is InChI=1S/C19H25N3O2/c1-4-16-17-11-10-14(3)21(17)12-13-22(16)19(23)20-15-8-6-7-9-18(15)24-5-2/h6-11,16H,4-5,12-13H2,1-3H3,(H,20,23). The van der Waals surface area contributed by atoms with Gasteiger partial charge in [0.2, 0.25) is 0 Å². The molecule has 24 heavy (non-hydrogen) atoms. The highest BCUT2D eigenvalue weighted by Crippen LogP contribution is 2.31. The maximum atomic E-state index is 12.9. The highest BCUT2D eigenvalue weighted by Gasteiger charge is 2.30. The predicted molar refractivity (Wildman–Crippen MR) is 95.5 cm³/mol. The smallest absolute Gasteiger partial charge is 0.322 e. The van der Waals surface area contributed by atoms with Gasteiger partial charge in [-0.3, -0.25) is 0 Å². The Kier molecular flexibility index (Phi) is 4.79. The predicted octanol–water partition coefficient (Wildman–Crippen LogP) is 4.19. The monoisotopic (exact) mass is 327 g/mol. The molecule has 1 unspecified atom stereocenters. The molecule has 1 atom stereocenters. The largest absolute Gasteiger partial charge is 0.492 e. The molecule has 1 aromatic heterocycles. The van der Waals surface area contributed by atoms with Gasteiger partial charge in [0.05, 0.1) is 18.3 Å². The summed E-state index contributed by atoms with van der Waals surface area (Å²) in [4.78, 5) is 14.8. The molecule has 0 radical (unpaired) electrons. The molecular weight excluding hydrogens is 302 g/mol. The molecular formula is C19H25N3O2. The SMILES string of the molecule is CCOc1ccccc1NC(=O)N1CCn2c(C)ccc2C1CC. The van der Waals surface area contributed by atoms with Crippen LogP contribution in [-0.4, -0.2) is 28.6 Å². The number of amides is 2. The molecule has 1 aliphatic rings. The molecule has 3 rings (SSSR count). The summed E-state index contributed by atoms with van der Waals surface area (Å²) in [5, 5.41) is 3.02. The van der Waals surface area contributed by atoms with Gasteiger partial charge < -0.3 is 19.5 Å². The number of anilines is 1. The molecule has 5 nitrogen and oxygen atoms in total. The number of nitrogens with one attached hydrogen (secondary N) is 1. The van der Waals surface area contributed by atoms with Gasteiger partial charge in [-0.15, -0.1) is 0 Å². The van der Waals surface area contributed by atoms with Crippen LogP contribution in [0.3, 0.4) is 0 Å². The van der Waals surface area contributed by atoms with Gasteiger partial charge in [0, 0.05) is 24.5 Å². The van der Waals surface area contributed by atoms with Crippen molar-refractivity contribution in [1.29, 1.82) is 0 Å². The number of para-hydroxylation sites is 2. The molecule has 0 fully saturated rings. The van der Waals surface area contributed by atoms with Crippen molar-refractivity contribution in [3.63, 3.8) is 0 Å². The van der Waals surface area contributed by atoms with Crippen LogP contribution in [0.4, 0.5) is 10.5 Å². The first kappa shape index (κ1) is 16.4. The molecule has 0 aliphatic carbocycles. The molecule has 1 aliphatic heterocycles. The molecule has 1 N–H and O–H groups in total. The first-order valence-corrected chi connectivity index (χ1v) is 8.61. The Hall–Kier alpha value is -2.43. The number of carbonyl (C=O) groups excluding carboxylic acids is 1. The van der Waals surface area contributed by atoms with E-state index in [0.29, 0.717) is 18.9 Å². The molecule has 0 saturated heterocycles. The summed E-state index contributed by atoms with van der Waals surface area (Å²) in [5.74, 6) is 0.706. The lowest BCUT2D eigenvalue weighted by Crippen LogP contribution is -2.44. The highest BCUT2D eigenvalue weighted by molar-refractivity contribution is 5.91. The van der Waals surface area contributed by atoms with Crippen LogP contribution in [0.5, 0.6) is 5.75 Å². The zero-order valence-corrected chi connectivity index (χ0v) is 14.6. The van der Waals surface area contributed by atoms with Crippen molar-refractivity contribution in [2.24, 2.45) is 0 Å². The van der Waals surface area contributed by atoms with Gasteiger partial charge in [-0.1, -0.05) is 19.1 Å². The third-order valence-electron chi connectivity index (χ3n) is 4.59. The van der Waals surface area contributed by atoms with Crippen LogP contribution in [0.2, 0.25) is 0 Å². The van der Waals surface area contributed by atoms with E-state index >= 15 is 0 Å². The number of rotatable bonds is 4. The topological polar surface area (TPSA) is 46.5 Å². The second kappa shape index (κ2) is 6.99. The summed E-state index contributed by atoms with van der Waals surface area (Å²) >= 11 is 0. The molecule has 0 saturated carbocycles. The Morgan fingerprint density at radius 3 is 2.75 bits per heavy atom. The lowest BCUT2D eigenvalue weighted by atomic mass is 10.1. The Morgan fingerprint density at radius 1 is 1.21 bits per heavy atom. The fourth-order valence-electron chi connectivity index (χ4n) is 3.42. The van der Waals surface area contributed by atoms with E-state index in [4.69, 9.17) is 4.74 Å². The number of hydrogen-bond donors (Lipinski definition) is 1. The summed E-state index contributed by atoms with van der Waals surface area (Å²) in [6, 6.07) is 11.9. The van der Waals surface area contributed by atoms with E-state index in [1.54, 1.807) is 0 Å². The summed E-state index contributed by atoms with van der Waals surface area (Å²) in [5.41, 5.74) is 3.19. The molecule has 0 spiro atoms. The first-order chi connectivity index (χ1) is 11.7. The summed E-state index contributed by atoms with van der Waals surface area (Å²) in [6.45, 7) is 8.30. The number of ether oxygens (including phenoxy) is 1. The van der Waals surface area contributed by atoms with Gasteiger partial charge in [-0.25, -0.2) is 4.79 Å². The molecule has 1 aromatic carbocycles. The van der Waals surface area contributed by atoms with Crippen molar-refractivity contribution in [3.05, 3.63) is 47.8 Å². The zero-order chi connectivity index (χ0) is 17.1. The minimum absolute atomic E-state index is 0.0703. The maximum absolute atomic E-state index is 12.9. The summed E-state index contributed by atoms with van der Waals surface area (Å²) < 4.78 is 7.91. The lowest BCUT2D eigenvalue weighted by molar-refractivity contribution is 0.165. The van der Waals surface area contributed by atoms with Crippen molar-refractivity contribution in [3.8, 4) is 5.75 Å². The second-order valence-electron chi connectivity index (χ2n) is 6.03. The Morgan fingerprint density at radius 2 is 2.00 bits per heavy atom. The molecule has 5 heteroatoms. The van der Waals surface area contributed by atoms with Crippen molar-refractivity contribution in [2.75, 3.05) is 18.5 Å². The van der Waals surface area contributed by atoms with Gasteiger partial charge >= 0.3 is 6.03 Å². The average molecular weight is 327 g/mol. The fourth-order valence-corrected chi connectivity index (χ4v) is 3.42. The summed E-state index contributed by atoms with van der Waals surface area (Å²) in [7, 11) is 0. The van der Waals surface area contributed by atoms with E-state index < -0.39 is 0 Å². The normalized spacial score (nSPS) is 16.6. The van der Waals surface area contributed by atoms with Gasteiger partial charge in [-0.2, -0.15) is 0 Å². The summed E-state index contributed by atoms with van der Waals surface area (Å²) in [6.07, 6.45) is 0.893. The lowest BCUT2D eigenvalue weighted by Gasteiger charge is -2.37. The van der Waals surface area contributed by atoms with E-state index in [1.165, 1.54) is 11.4 Å². The Balaban J connectivity index is 1.80. The molecule has 128 valence electrons. The number of benzene rings is 1. The fraction of sp³-hybridized carbons (Fsp3) is 0.421. The molecule has 2 aromatic rings. The average Bonchev–Trinajstić information content (AvgIpc) is 2.97. The van der Waals surface area contributed by atoms with Crippen LogP contribution in [0.1, 0.15) is 37.7 Å². The van der Waals surface area contributed by atoms with Crippen molar-refractivity contribution >= 4 is 11.7 Å². The van der Waals surface area contributed by atoms with Crippen LogP contribution < -0.4 is 10.1 Å². The maximum Gasteiger partial charge on any atom is 0.322 e. The van der Waals surface area contributed by atoms with Crippen molar-refractivity contribution in [2.45, 2.75) is 39.8 Å². The molecule has 2 heterocycles. The number of fused-ring (bicyclic) bond motifs is 1. The van der Waals surface area contributed by atoms with E-state index in [1.807, 2.05) is 36.1 Å². The van der Waals surface area contributed by atoms with E-state index in [0.717, 1.165) is 18.7 Å². The first-order valence-electron chi connectivity index (χ1n) is 8.61. The van der Waals surface area contributed by atoms with Gasteiger partial charge in [-0.05, 0) is 44.5 Å². The van der Waals surface area contributed by atoms with Gasteiger partial charge in [0.25, 0.3) is 0 Å². The second-order valence-corrected chi connectivity index (χ2v) is 6.03. The molecule has 2 amide bonds. The van der Waals surface area contributed by atoms with Crippen molar-refractivity contribution < 1.29 is 9.53 Å². The number of aromatic nitrogens is 1. The van der Waals surface area contributed by atoms with Crippen molar-refractivity contribution in [1.82, 2.24) is 9.47 Å². The highest BCUT2D eigenvalue weighted by atomic mass is 16.5. The number of urea groups is 1. The van der Waals surface area contributed by atoms with Crippen LogP contribution in [-0.2, 0) is 6.54 Å². The third-order valence-corrected chi connectivity index (χ3v) is 4.59. The number of nitrogens with zero attached hydrogens (tertiary/aromatic N) is 2. The van der Waals surface area contributed by atoms with Crippen LogP contribution in [0, 0.1) is 6.92 Å².